The minimum atomic E-state index is -0.775. The third kappa shape index (κ3) is 4.05. The first-order chi connectivity index (χ1) is 13.8. The Bertz CT molecular complexity index is 832. The minimum Gasteiger partial charge on any atom is -0.325 e. The molecule has 1 unspecified atom stereocenters. The van der Waals surface area contributed by atoms with Crippen LogP contribution in [-0.4, -0.2) is 34.2 Å². The van der Waals surface area contributed by atoms with Gasteiger partial charge < -0.3 is 4.90 Å². The van der Waals surface area contributed by atoms with Gasteiger partial charge in [-0.25, -0.2) is 4.90 Å². The molecular weight excluding hydrogens is 366 g/mol. The van der Waals surface area contributed by atoms with E-state index in [0.29, 0.717) is 17.7 Å². The van der Waals surface area contributed by atoms with Gasteiger partial charge in [-0.15, -0.1) is 0 Å². The van der Waals surface area contributed by atoms with Crippen LogP contribution in [0.2, 0.25) is 0 Å². The van der Waals surface area contributed by atoms with Crippen molar-refractivity contribution in [2.75, 3.05) is 4.90 Å². The SMILES string of the molecule is CCC(C)(C)N(C(=O)C1CCCCC1)C1CC(=O)N(c2ccc(C#N)cc2)C1=O. The number of nitrogens with zero attached hydrogens (tertiary/aromatic N) is 3. The first kappa shape index (κ1) is 21.0. The summed E-state index contributed by atoms with van der Waals surface area (Å²) < 4.78 is 0. The van der Waals surface area contributed by atoms with Crippen molar-refractivity contribution in [3.8, 4) is 6.07 Å². The zero-order chi connectivity index (χ0) is 21.2. The summed E-state index contributed by atoms with van der Waals surface area (Å²) in [6.45, 7) is 5.94. The van der Waals surface area contributed by atoms with Crippen LogP contribution >= 0.6 is 0 Å². The molecule has 1 atom stereocenters. The fourth-order valence-electron chi connectivity index (χ4n) is 4.36. The van der Waals surface area contributed by atoms with E-state index in [9.17, 15) is 14.4 Å². The smallest absolute Gasteiger partial charge is 0.257 e. The van der Waals surface area contributed by atoms with Crippen LogP contribution < -0.4 is 4.90 Å². The molecule has 3 amide bonds. The summed E-state index contributed by atoms with van der Waals surface area (Å²) in [5, 5.41) is 8.97. The maximum Gasteiger partial charge on any atom is 0.257 e. The van der Waals surface area contributed by atoms with Gasteiger partial charge in [0.1, 0.15) is 6.04 Å². The lowest BCUT2D eigenvalue weighted by Gasteiger charge is -2.43. The van der Waals surface area contributed by atoms with Crippen LogP contribution in [-0.2, 0) is 14.4 Å². The second-order valence-electron chi connectivity index (χ2n) is 8.66. The summed E-state index contributed by atoms with van der Waals surface area (Å²) >= 11 is 0. The summed E-state index contributed by atoms with van der Waals surface area (Å²) in [5.74, 6) is -0.728. The summed E-state index contributed by atoms with van der Waals surface area (Å²) in [5.41, 5.74) is 0.391. The van der Waals surface area contributed by atoms with Crippen molar-refractivity contribution >= 4 is 23.4 Å². The third-order valence-corrected chi connectivity index (χ3v) is 6.40. The molecule has 1 saturated carbocycles. The summed E-state index contributed by atoms with van der Waals surface area (Å²) in [6, 6.07) is 7.64. The number of hydrogen-bond acceptors (Lipinski definition) is 4. The van der Waals surface area contributed by atoms with Crippen molar-refractivity contribution in [1.29, 1.82) is 5.26 Å². The van der Waals surface area contributed by atoms with Crippen LogP contribution in [0.15, 0.2) is 24.3 Å². The maximum absolute atomic E-state index is 13.5. The van der Waals surface area contributed by atoms with Gasteiger partial charge in [-0.1, -0.05) is 26.2 Å². The molecule has 0 spiro atoms. The fourth-order valence-corrected chi connectivity index (χ4v) is 4.36. The normalized spacial score (nSPS) is 20.6. The molecule has 0 aromatic heterocycles. The van der Waals surface area contributed by atoms with Gasteiger partial charge in [0.15, 0.2) is 0 Å². The van der Waals surface area contributed by atoms with Crippen LogP contribution in [0.5, 0.6) is 0 Å². The Hall–Kier alpha value is -2.68. The predicted molar refractivity (Wildman–Crippen MR) is 110 cm³/mol. The molecule has 154 valence electrons. The van der Waals surface area contributed by atoms with Gasteiger partial charge in [-0.05, 0) is 57.4 Å². The molecule has 0 N–H and O–H groups in total. The highest BCUT2D eigenvalue weighted by Crippen LogP contribution is 2.35. The molecule has 1 aliphatic carbocycles. The van der Waals surface area contributed by atoms with E-state index in [1.54, 1.807) is 29.2 Å². The van der Waals surface area contributed by atoms with Gasteiger partial charge >= 0.3 is 0 Å². The molecule has 3 rings (SSSR count). The predicted octanol–water partition coefficient (Wildman–Crippen LogP) is 3.79. The molecule has 1 aliphatic heterocycles. The summed E-state index contributed by atoms with van der Waals surface area (Å²) in [7, 11) is 0. The number of carbonyl (C=O) groups is 3. The van der Waals surface area contributed by atoms with Crippen LogP contribution in [0.4, 0.5) is 5.69 Å². The molecule has 1 saturated heterocycles. The van der Waals surface area contributed by atoms with E-state index in [2.05, 4.69) is 0 Å². The number of rotatable bonds is 5. The lowest BCUT2D eigenvalue weighted by Crippen LogP contribution is -2.57. The number of amides is 3. The van der Waals surface area contributed by atoms with E-state index in [-0.39, 0.29) is 30.1 Å². The van der Waals surface area contributed by atoms with Crippen molar-refractivity contribution < 1.29 is 14.4 Å². The molecule has 6 nitrogen and oxygen atoms in total. The number of carbonyl (C=O) groups excluding carboxylic acids is 3. The number of nitriles is 1. The van der Waals surface area contributed by atoms with Gasteiger partial charge in [0, 0.05) is 11.5 Å². The van der Waals surface area contributed by atoms with E-state index >= 15 is 0 Å². The Kier molecular flexibility index (Phi) is 6.07. The highest BCUT2D eigenvalue weighted by molar-refractivity contribution is 6.23. The zero-order valence-electron chi connectivity index (χ0n) is 17.5. The lowest BCUT2D eigenvalue weighted by molar-refractivity contribution is -0.149. The highest BCUT2D eigenvalue weighted by Gasteiger charge is 2.49. The minimum absolute atomic E-state index is 0.000719. The molecule has 0 bridgehead atoms. The lowest BCUT2D eigenvalue weighted by atomic mass is 9.85. The number of anilines is 1. The van der Waals surface area contributed by atoms with E-state index in [1.165, 1.54) is 4.90 Å². The summed E-state index contributed by atoms with van der Waals surface area (Å²) in [4.78, 5) is 42.4. The first-order valence-corrected chi connectivity index (χ1v) is 10.5. The van der Waals surface area contributed by atoms with E-state index in [1.807, 2.05) is 26.8 Å². The fraction of sp³-hybridized carbons (Fsp3) is 0.565. The molecule has 6 heteroatoms. The quantitative estimate of drug-likeness (QED) is 0.710. The van der Waals surface area contributed by atoms with Gasteiger partial charge in [-0.2, -0.15) is 5.26 Å². The number of imide groups is 1. The Balaban J connectivity index is 1.91. The molecule has 1 aromatic rings. The van der Waals surface area contributed by atoms with E-state index in [0.717, 1.165) is 32.1 Å². The molecule has 1 aromatic carbocycles. The largest absolute Gasteiger partial charge is 0.325 e. The average Bonchev–Trinajstić information content (AvgIpc) is 3.02. The van der Waals surface area contributed by atoms with Crippen molar-refractivity contribution in [1.82, 2.24) is 4.90 Å². The second kappa shape index (κ2) is 8.36. The Morgan fingerprint density at radius 1 is 1.17 bits per heavy atom. The molecule has 2 aliphatic rings. The van der Waals surface area contributed by atoms with E-state index in [4.69, 9.17) is 5.26 Å². The standard InChI is InChI=1S/C23H29N3O3/c1-4-23(2,3)26(21(28)17-8-6-5-7-9-17)19-14-20(27)25(22(19)29)18-12-10-16(15-24)11-13-18/h10-13,17,19H,4-9,14H2,1-3H3. The Labute approximate surface area is 172 Å². The maximum atomic E-state index is 13.5. The zero-order valence-corrected chi connectivity index (χ0v) is 17.5. The van der Waals surface area contributed by atoms with Crippen LogP contribution in [0, 0.1) is 17.2 Å². The number of benzene rings is 1. The molecular formula is C23H29N3O3. The topological polar surface area (TPSA) is 81.5 Å². The first-order valence-electron chi connectivity index (χ1n) is 10.5. The Morgan fingerprint density at radius 2 is 1.79 bits per heavy atom. The van der Waals surface area contributed by atoms with Gasteiger partial charge in [0.05, 0.1) is 23.7 Å². The van der Waals surface area contributed by atoms with Crippen molar-refractivity contribution in [2.24, 2.45) is 5.92 Å². The average molecular weight is 396 g/mol. The molecule has 1 heterocycles. The second-order valence-corrected chi connectivity index (χ2v) is 8.66. The monoisotopic (exact) mass is 395 g/mol. The highest BCUT2D eigenvalue weighted by atomic mass is 16.2. The molecule has 2 fully saturated rings. The van der Waals surface area contributed by atoms with Crippen molar-refractivity contribution in [2.45, 2.75) is 77.3 Å². The van der Waals surface area contributed by atoms with Gasteiger partial charge in [0.25, 0.3) is 5.91 Å². The van der Waals surface area contributed by atoms with Crippen LogP contribution in [0.1, 0.15) is 71.3 Å². The van der Waals surface area contributed by atoms with Crippen molar-refractivity contribution in [3.05, 3.63) is 29.8 Å². The Morgan fingerprint density at radius 3 is 2.34 bits per heavy atom. The van der Waals surface area contributed by atoms with E-state index < -0.39 is 11.6 Å². The van der Waals surface area contributed by atoms with Gasteiger partial charge in [-0.3, -0.25) is 14.4 Å². The van der Waals surface area contributed by atoms with Crippen LogP contribution in [0.3, 0.4) is 0 Å². The van der Waals surface area contributed by atoms with Gasteiger partial charge in [0.2, 0.25) is 11.8 Å². The van der Waals surface area contributed by atoms with Crippen molar-refractivity contribution in [3.63, 3.8) is 0 Å². The number of hydrogen-bond donors (Lipinski definition) is 0. The molecule has 0 radical (unpaired) electrons. The third-order valence-electron chi connectivity index (χ3n) is 6.40. The van der Waals surface area contributed by atoms with Crippen LogP contribution in [0.25, 0.3) is 0 Å². The molecule has 29 heavy (non-hydrogen) atoms. The summed E-state index contributed by atoms with van der Waals surface area (Å²) in [6.07, 6.45) is 5.61.